The van der Waals surface area contributed by atoms with E-state index in [9.17, 15) is 14.7 Å². The summed E-state index contributed by atoms with van der Waals surface area (Å²) in [4.78, 5) is 23.4. The topological polar surface area (TPSA) is 63.6 Å². The standard InChI is InChI=1S/C25H36O4/c1-17(10-7-11-20-16-23(27)29-24(20)28)8-6-9-18(2)12-14-21-19(3)13-15-22(26)25(21,4)5/h9-10,16,24,28H,6-8,11-15H2,1-5H3/b17-10+,18-9+/t24-/m0/s1. The fourth-order valence-electron chi connectivity index (χ4n) is 4.19. The molecular weight excluding hydrogens is 364 g/mol. The van der Waals surface area contributed by atoms with Gasteiger partial charge >= 0.3 is 5.97 Å². The second-order valence-corrected chi connectivity index (χ2v) is 8.99. The van der Waals surface area contributed by atoms with Crippen LogP contribution >= 0.6 is 0 Å². The number of carbonyl (C=O) groups excluding carboxylic acids is 2. The number of Topliss-reactive ketones (excluding diaryl/α,β-unsaturated/α-hetero) is 1. The normalized spacial score (nSPS) is 22.8. The van der Waals surface area contributed by atoms with E-state index < -0.39 is 12.3 Å². The summed E-state index contributed by atoms with van der Waals surface area (Å²) in [5, 5.41) is 9.57. The predicted octanol–water partition coefficient (Wildman–Crippen LogP) is 5.73. The molecule has 0 saturated heterocycles. The summed E-state index contributed by atoms with van der Waals surface area (Å²) < 4.78 is 4.69. The van der Waals surface area contributed by atoms with E-state index in [-0.39, 0.29) is 5.41 Å². The molecule has 1 N–H and O–H groups in total. The van der Waals surface area contributed by atoms with E-state index in [2.05, 4.69) is 51.5 Å². The summed E-state index contributed by atoms with van der Waals surface area (Å²) in [5.74, 6) is -0.0851. The van der Waals surface area contributed by atoms with Crippen LogP contribution in [0, 0.1) is 5.41 Å². The highest BCUT2D eigenvalue weighted by Gasteiger charge is 2.35. The second kappa shape index (κ2) is 10.2. The van der Waals surface area contributed by atoms with Crippen LogP contribution in [0.5, 0.6) is 0 Å². The van der Waals surface area contributed by atoms with Crippen LogP contribution in [-0.2, 0) is 14.3 Å². The van der Waals surface area contributed by atoms with E-state index in [4.69, 9.17) is 0 Å². The van der Waals surface area contributed by atoms with E-state index >= 15 is 0 Å². The Labute approximate surface area is 175 Å². The molecule has 0 aromatic carbocycles. The molecule has 1 aliphatic carbocycles. The van der Waals surface area contributed by atoms with E-state index in [1.807, 2.05) is 0 Å². The molecule has 1 aliphatic heterocycles. The molecular formula is C25H36O4. The fraction of sp³-hybridized carbons (Fsp3) is 0.600. The first-order valence-electron chi connectivity index (χ1n) is 10.7. The first-order valence-corrected chi connectivity index (χ1v) is 10.7. The van der Waals surface area contributed by atoms with Gasteiger partial charge in [0.1, 0.15) is 5.78 Å². The van der Waals surface area contributed by atoms with Crippen molar-refractivity contribution in [1.82, 2.24) is 0 Å². The number of cyclic esters (lactones) is 1. The van der Waals surface area contributed by atoms with Crippen molar-refractivity contribution >= 4 is 11.8 Å². The Morgan fingerprint density at radius 2 is 1.76 bits per heavy atom. The number of aliphatic hydroxyl groups excluding tert-OH is 1. The summed E-state index contributed by atoms with van der Waals surface area (Å²) in [6.45, 7) is 10.6. The lowest BCUT2D eigenvalue weighted by molar-refractivity contribution is -0.151. The number of aliphatic hydroxyl groups is 1. The van der Waals surface area contributed by atoms with Crippen molar-refractivity contribution < 1.29 is 19.4 Å². The lowest BCUT2D eigenvalue weighted by atomic mass is 9.70. The van der Waals surface area contributed by atoms with Gasteiger partial charge in [0.2, 0.25) is 6.29 Å². The molecule has 0 aromatic rings. The molecule has 29 heavy (non-hydrogen) atoms. The highest BCUT2D eigenvalue weighted by molar-refractivity contribution is 5.88. The zero-order chi connectivity index (χ0) is 21.6. The van der Waals surface area contributed by atoms with Gasteiger partial charge in [0, 0.05) is 23.5 Å². The Hall–Kier alpha value is -1.94. The average Bonchev–Trinajstić information content (AvgIpc) is 2.95. The molecule has 2 aliphatic rings. The maximum Gasteiger partial charge on any atom is 0.333 e. The number of hydrogen-bond donors (Lipinski definition) is 1. The third-order valence-corrected chi connectivity index (χ3v) is 6.27. The Kier molecular flexibility index (Phi) is 8.21. The lowest BCUT2D eigenvalue weighted by Crippen LogP contribution is -2.30. The first-order chi connectivity index (χ1) is 13.6. The Morgan fingerprint density at radius 3 is 2.41 bits per heavy atom. The molecule has 4 nitrogen and oxygen atoms in total. The largest absolute Gasteiger partial charge is 0.429 e. The van der Waals surface area contributed by atoms with Crippen LogP contribution in [0.2, 0.25) is 0 Å². The molecule has 160 valence electrons. The summed E-state index contributed by atoms with van der Waals surface area (Å²) in [7, 11) is 0. The van der Waals surface area contributed by atoms with Crippen LogP contribution in [0.1, 0.15) is 86.0 Å². The highest BCUT2D eigenvalue weighted by Crippen LogP contribution is 2.40. The number of rotatable bonds is 9. The summed E-state index contributed by atoms with van der Waals surface area (Å²) >= 11 is 0. The SMILES string of the molecule is CC1=C(CC/C(C)=C/CC/C(C)=C/CCC2=CC(=O)O[C@@H]2O)C(C)(C)C(=O)CC1. The van der Waals surface area contributed by atoms with E-state index in [1.165, 1.54) is 28.4 Å². The van der Waals surface area contributed by atoms with Gasteiger partial charge in [-0.1, -0.05) is 34.4 Å². The number of esters is 1. The van der Waals surface area contributed by atoms with Crippen molar-refractivity contribution in [2.45, 2.75) is 92.3 Å². The smallest absolute Gasteiger partial charge is 0.333 e. The van der Waals surface area contributed by atoms with Crippen molar-refractivity contribution in [2.75, 3.05) is 0 Å². The van der Waals surface area contributed by atoms with E-state index in [1.54, 1.807) is 0 Å². The van der Waals surface area contributed by atoms with Crippen molar-refractivity contribution in [3.63, 3.8) is 0 Å². The average molecular weight is 401 g/mol. The minimum Gasteiger partial charge on any atom is -0.429 e. The van der Waals surface area contributed by atoms with Gasteiger partial charge in [-0.15, -0.1) is 0 Å². The maximum atomic E-state index is 12.3. The molecule has 0 bridgehead atoms. The van der Waals surface area contributed by atoms with Crippen LogP contribution in [0.4, 0.5) is 0 Å². The van der Waals surface area contributed by atoms with Crippen LogP contribution in [0.25, 0.3) is 0 Å². The van der Waals surface area contributed by atoms with Gasteiger partial charge in [0.05, 0.1) is 0 Å². The van der Waals surface area contributed by atoms with E-state index in [0.29, 0.717) is 24.2 Å². The highest BCUT2D eigenvalue weighted by atomic mass is 16.6. The summed E-state index contributed by atoms with van der Waals surface area (Å²) in [5.41, 5.74) is 5.77. The lowest BCUT2D eigenvalue weighted by Gasteiger charge is -2.33. The van der Waals surface area contributed by atoms with Gasteiger partial charge in [-0.05, 0) is 79.6 Å². The molecule has 0 fully saturated rings. The first kappa shape index (κ1) is 23.3. The second-order valence-electron chi connectivity index (χ2n) is 8.99. The Morgan fingerprint density at radius 1 is 1.10 bits per heavy atom. The molecule has 0 spiro atoms. The number of ether oxygens (including phenoxy) is 1. The van der Waals surface area contributed by atoms with Gasteiger partial charge in [-0.25, -0.2) is 4.79 Å². The quantitative estimate of drug-likeness (QED) is 0.397. The zero-order valence-electron chi connectivity index (χ0n) is 18.6. The Bertz CT molecular complexity index is 762. The molecule has 0 unspecified atom stereocenters. The third-order valence-electron chi connectivity index (χ3n) is 6.27. The molecule has 1 heterocycles. The molecule has 4 heteroatoms. The van der Waals surface area contributed by atoms with Crippen molar-refractivity contribution in [1.29, 1.82) is 0 Å². The molecule has 1 atom stereocenters. The Balaban J connectivity index is 1.76. The fourth-order valence-corrected chi connectivity index (χ4v) is 4.19. The van der Waals surface area contributed by atoms with Crippen molar-refractivity contribution in [3.8, 4) is 0 Å². The minimum absolute atomic E-state index is 0.306. The number of hydrogen-bond acceptors (Lipinski definition) is 4. The zero-order valence-corrected chi connectivity index (χ0v) is 18.6. The van der Waals surface area contributed by atoms with Gasteiger partial charge in [0.15, 0.2) is 0 Å². The van der Waals surface area contributed by atoms with Crippen LogP contribution in [0.3, 0.4) is 0 Å². The monoisotopic (exact) mass is 400 g/mol. The summed E-state index contributed by atoms with van der Waals surface area (Å²) in [6, 6.07) is 0. The molecule has 2 rings (SSSR count). The summed E-state index contributed by atoms with van der Waals surface area (Å²) in [6.07, 6.45) is 11.8. The minimum atomic E-state index is -1.06. The van der Waals surface area contributed by atoms with Crippen molar-refractivity contribution in [2.24, 2.45) is 5.41 Å². The number of carbonyl (C=O) groups is 2. The van der Waals surface area contributed by atoms with E-state index in [0.717, 1.165) is 38.5 Å². The third kappa shape index (κ3) is 6.53. The molecule has 0 aromatic heterocycles. The van der Waals surface area contributed by atoms with Gasteiger partial charge in [-0.2, -0.15) is 0 Å². The van der Waals surface area contributed by atoms with Crippen molar-refractivity contribution in [3.05, 3.63) is 46.1 Å². The van der Waals surface area contributed by atoms with Gasteiger partial charge < -0.3 is 9.84 Å². The van der Waals surface area contributed by atoms with Gasteiger partial charge in [0.25, 0.3) is 0 Å². The maximum absolute atomic E-state index is 12.3. The number of allylic oxidation sites excluding steroid dienone is 6. The predicted molar refractivity (Wildman–Crippen MR) is 116 cm³/mol. The molecule has 0 amide bonds. The number of ketones is 1. The molecule has 0 saturated carbocycles. The van der Waals surface area contributed by atoms with Gasteiger partial charge in [-0.3, -0.25) is 4.79 Å². The molecule has 0 radical (unpaired) electrons. The van der Waals surface area contributed by atoms with Crippen LogP contribution < -0.4 is 0 Å². The van der Waals surface area contributed by atoms with Crippen LogP contribution in [-0.4, -0.2) is 23.1 Å². The van der Waals surface area contributed by atoms with Crippen LogP contribution in [0.15, 0.2) is 46.1 Å².